The van der Waals surface area contributed by atoms with E-state index in [2.05, 4.69) is 15.0 Å². The first-order chi connectivity index (χ1) is 8.17. The number of aromatic nitrogens is 1. The van der Waals surface area contributed by atoms with Crippen molar-refractivity contribution < 1.29 is 19.1 Å². The maximum Gasteiger partial charge on any atom is 0.354 e. The molecular formula is C11H16N2O4. The Hall–Kier alpha value is -1.82. The van der Waals surface area contributed by atoms with E-state index in [1.807, 2.05) is 0 Å². The van der Waals surface area contributed by atoms with Gasteiger partial charge in [-0.05, 0) is 19.1 Å². The van der Waals surface area contributed by atoms with Gasteiger partial charge in [0.05, 0.1) is 20.3 Å². The van der Waals surface area contributed by atoms with Crippen LogP contribution in [0.5, 0.6) is 0 Å². The molecule has 0 unspecified atom stereocenters. The molecule has 0 aliphatic heterocycles. The molecule has 0 aliphatic rings. The van der Waals surface area contributed by atoms with Gasteiger partial charge in [-0.1, -0.05) is 0 Å². The number of hydrogen-bond donors (Lipinski definition) is 2. The molecule has 2 N–H and O–H groups in total. The number of ether oxygens (including phenoxy) is 2. The van der Waals surface area contributed by atoms with Gasteiger partial charge in [0.15, 0.2) is 0 Å². The molecule has 0 radical (unpaired) electrons. The second-order valence-corrected chi connectivity index (χ2v) is 3.30. The van der Waals surface area contributed by atoms with Crippen molar-refractivity contribution >= 4 is 11.9 Å². The Kier molecular flexibility index (Phi) is 5.22. The Morgan fingerprint density at radius 3 is 2.82 bits per heavy atom. The highest BCUT2D eigenvalue weighted by Gasteiger charge is 2.08. The van der Waals surface area contributed by atoms with Crippen LogP contribution in [0.1, 0.15) is 23.1 Å². The summed E-state index contributed by atoms with van der Waals surface area (Å²) in [6.45, 7) is 2.72. The Morgan fingerprint density at radius 1 is 1.41 bits per heavy atom. The average molecular weight is 240 g/mol. The molecule has 6 heteroatoms. The van der Waals surface area contributed by atoms with E-state index in [-0.39, 0.29) is 12.5 Å². The lowest BCUT2D eigenvalue weighted by molar-refractivity contribution is -0.142. The first-order valence-corrected chi connectivity index (χ1v) is 5.30. The monoisotopic (exact) mass is 240 g/mol. The highest BCUT2D eigenvalue weighted by Crippen LogP contribution is 2.02. The number of esters is 2. The second-order valence-electron chi connectivity index (χ2n) is 3.30. The minimum absolute atomic E-state index is 0.139. The van der Waals surface area contributed by atoms with E-state index in [1.165, 1.54) is 7.11 Å². The lowest BCUT2D eigenvalue weighted by atomic mass is 10.4. The van der Waals surface area contributed by atoms with Gasteiger partial charge in [0, 0.05) is 12.2 Å². The summed E-state index contributed by atoms with van der Waals surface area (Å²) >= 11 is 0. The van der Waals surface area contributed by atoms with Crippen LogP contribution in [0.15, 0.2) is 12.1 Å². The number of rotatable bonds is 6. The lowest BCUT2D eigenvalue weighted by Crippen LogP contribution is -2.24. The molecule has 1 rings (SSSR count). The molecule has 1 aromatic heterocycles. The number of nitrogens with one attached hydrogen (secondary N) is 2. The maximum atomic E-state index is 11.1. The summed E-state index contributed by atoms with van der Waals surface area (Å²) in [5, 5.41) is 2.90. The summed E-state index contributed by atoms with van der Waals surface area (Å²) in [5.41, 5.74) is 1.19. The Morgan fingerprint density at radius 2 is 2.18 bits per heavy atom. The normalized spacial score (nSPS) is 10.0. The molecule has 1 heterocycles. The molecule has 0 aliphatic carbocycles. The molecule has 1 aromatic rings. The number of methoxy groups -OCH3 is 1. The molecule has 0 aromatic carbocycles. The van der Waals surface area contributed by atoms with Crippen LogP contribution in [-0.4, -0.2) is 37.2 Å². The molecule has 0 fully saturated rings. The smallest absolute Gasteiger partial charge is 0.354 e. The van der Waals surface area contributed by atoms with Gasteiger partial charge in [-0.25, -0.2) is 4.79 Å². The third-order valence-electron chi connectivity index (χ3n) is 2.04. The molecule has 0 spiro atoms. The van der Waals surface area contributed by atoms with Crippen molar-refractivity contribution in [3.63, 3.8) is 0 Å². The van der Waals surface area contributed by atoms with Gasteiger partial charge in [-0.2, -0.15) is 0 Å². The van der Waals surface area contributed by atoms with Crippen molar-refractivity contribution in [1.82, 2.24) is 10.3 Å². The lowest BCUT2D eigenvalue weighted by Gasteiger charge is -2.03. The molecule has 0 atom stereocenters. The van der Waals surface area contributed by atoms with Crippen molar-refractivity contribution in [2.45, 2.75) is 13.5 Å². The van der Waals surface area contributed by atoms with Crippen LogP contribution in [0.2, 0.25) is 0 Å². The topological polar surface area (TPSA) is 80.4 Å². The number of carbonyl (C=O) groups is 2. The first-order valence-electron chi connectivity index (χ1n) is 5.30. The fraction of sp³-hybridized carbons (Fsp3) is 0.455. The van der Waals surface area contributed by atoms with Gasteiger partial charge in [0.2, 0.25) is 0 Å². The summed E-state index contributed by atoms with van der Waals surface area (Å²) in [6.07, 6.45) is 0. The molecule has 94 valence electrons. The summed E-state index contributed by atoms with van der Waals surface area (Å²) < 4.78 is 9.31. The van der Waals surface area contributed by atoms with Crippen molar-refractivity contribution in [3.05, 3.63) is 23.5 Å². The van der Waals surface area contributed by atoms with E-state index in [0.717, 1.165) is 5.69 Å². The van der Waals surface area contributed by atoms with Crippen molar-refractivity contribution in [2.24, 2.45) is 0 Å². The molecule has 0 saturated carbocycles. The SMILES string of the molecule is CCOC(=O)CNCc1ccc(C(=O)OC)[nH]1. The molecule has 0 bridgehead atoms. The van der Waals surface area contributed by atoms with Gasteiger partial charge >= 0.3 is 11.9 Å². The quantitative estimate of drug-likeness (QED) is 0.706. The zero-order valence-corrected chi connectivity index (χ0v) is 9.91. The Balaban J connectivity index is 2.35. The van der Waals surface area contributed by atoms with E-state index >= 15 is 0 Å². The van der Waals surface area contributed by atoms with Crippen LogP contribution in [0.25, 0.3) is 0 Å². The Bertz CT molecular complexity index is 387. The van der Waals surface area contributed by atoms with Crippen LogP contribution in [0, 0.1) is 0 Å². The number of H-pyrrole nitrogens is 1. The molecule has 17 heavy (non-hydrogen) atoms. The van der Waals surface area contributed by atoms with Crippen LogP contribution in [-0.2, 0) is 20.8 Å². The Labute approximate surface area is 99.3 Å². The molecular weight excluding hydrogens is 224 g/mol. The fourth-order valence-corrected chi connectivity index (χ4v) is 1.28. The number of aromatic amines is 1. The standard InChI is InChI=1S/C11H16N2O4/c1-3-17-10(14)7-12-6-8-4-5-9(13-8)11(15)16-2/h4-5,12-13H,3,6-7H2,1-2H3. The predicted molar refractivity (Wildman–Crippen MR) is 60.5 cm³/mol. The summed E-state index contributed by atoms with van der Waals surface area (Å²) in [7, 11) is 1.32. The van der Waals surface area contributed by atoms with Crippen LogP contribution in [0.4, 0.5) is 0 Å². The van der Waals surface area contributed by atoms with E-state index in [1.54, 1.807) is 19.1 Å². The minimum Gasteiger partial charge on any atom is -0.465 e. The van der Waals surface area contributed by atoms with Crippen molar-refractivity contribution in [1.29, 1.82) is 0 Å². The maximum absolute atomic E-state index is 11.1. The molecule has 0 saturated heterocycles. The van der Waals surface area contributed by atoms with Gasteiger partial charge in [0.25, 0.3) is 0 Å². The molecule has 6 nitrogen and oxygen atoms in total. The van der Waals surface area contributed by atoms with Gasteiger partial charge in [0.1, 0.15) is 5.69 Å². The minimum atomic E-state index is -0.415. The van der Waals surface area contributed by atoms with E-state index in [9.17, 15) is 9.59 Å². The van der Waals surface area contributed by atoms with Gasteiger partial charge in [-0.15, -0.1) is 0 Å². The van der Waals surface area contributed by atoms with Gasteiger partial charge in [-0.3, -0.25) is 4.79 Å². The third-order valence-corrected chi connectivity index (χ3v) is 2.04. The summed E-state index contributed by atoms with van der Waals surface area (Å²) in [5.74, 6) is -0.714. The van der Waals surface area contributed by atoms with E-state index < -0.39 is 5.97 Å². The highest BCUT2D eigenvalue weighted by molar-refractivity contribution is 5.87. The average Bonchev–Trinajstić information content (AvgIpc) is 2.77. The predicted octanol–water partition coefficient (Wildman–Crippen LogP) is 0.454. The van der Waals surface area contributed by atoms with Gasteiger partial charge < -0.3 is 19.8 Å². The first kappa shape index (κ1) is 13.2. The molecule has 0 amide bonds. The van der Waals surface area contributed by atoms with Crippen LogP contribution in [0.3, 0.4) is 0 Å². The second kappa shape index (κ2) is 6.70. The largest absolute Gasteiger partial charge is 0.465 e. The van der Waals surface area contributed by atoms with E-state index in [0.29, 0.717) is 18.8 Å². The van der Waals surface area contributed by atoms with Crippen molar-refractivity contribution in [3.8, 4) is 0 Å². The third kappa shape index (κ3) is 4.28. The fourth-order valence-electron chi connectivity index (χ4n) is 1.28. The summed E-state index contributed by atoms with van der Waals surface area (Å²) in [4.78, 5) is 25.1. The van der Waals surface area contributed by atoms with Crippen molar-refractivity contribution in [2.75, 3.05) is 20.3 Å². The zero-order chi connectivity index (χ0) is 12.7. The number of hydrogen-bond acceptors (Lipinski definition) is 5. The summed E-state index contributed by atoms with van der Waals surface area (Å²) in [6, 6.07) is 3.39. The zero-order valence-electron chi connectivity index (χ0n) is 9.91. The van der Waals surface area contributed by atoms with Crippen LogP contribution < -0.4 is 5.32 Å². The van der Waals surface area contributed by atoms with E-state index in [4.69, 9.17) is 4.74 Å². The van der Waals surface area contributed by atoms with Crippen LogP contribution >= 0.6 is 0 Å². The highest BCUT2D eigenvalue weighted by atomic mass is 16.5. The number of carbonyl (C=O) groups excluding carboxylic acids is 2.